The second-order valence-electron chi connectivity index (χ2n) is 5.00. The minimum Gasteiger partial charge on any atom is -0.397 e. The third-order valence-corrected chi connectivity index (χ3v) is 2.05. The number of hydrogen-bond acceptors (Lipinski definition) is 4. The van der Waals surface area contributed by atoms with Crippen molar-refractivity contribution in [2.45, 2.75) is 26.3 Å². The van der Waals surface area contributed by atoms with E-state index in [1.54, 1.807) is 18.2 Å². The van der Waals surface area contributed by atoms with Crippen molar-refractivity contribution in [1.29, 1.82) is 0 Å². The second kappa shape index (κ2) is 4.95. The summed E-state index contributed by atoms with van der Waals surface area (Å²) in [7, 11) is 0. The number of carbonyl (C=O) groups is 1. The maximum atomic E-state index is 11.6. The molecule has 1 aromatic carbocycles. The minimum atomic E-state index is -0.223. The van der Waals surface area contributed by atoms with E-state index in [1.165, 1.54) is 0 Å². The number of nitrogens with one attached hydrogen (secondary N) is 2. The summed E-state index contributed by atoms with van der Waals surface area (Å²) in [6.45, 7) is 6.02. The Kier molecular flexibility index (Phi) is 3.83. The van der Waals surface area contributed by atoms with Crippen LogP contribution in [0, 0.1) is 0 Å². The van der Waals surface area contributed by atoms with Crippen molar-refractivity contribution < 1.29 is 4.79 Å². The molecular weight excluding hydrogens is 216 g/mol. The first-order valence-corrected chi connectivity index (χ1v) is 5.48. The topological polar surface area (TPSA) is 93.2 Å². The summed E-state index contributed by atoms with van der Waals surface area (Å²) in [5.74, 6) is -0.0621. The summed E-state index contributed by atoms with van der Waals surface area (Å²) in [4.78, 5) is 11.6. The van der Waals surface area contributed by atoms with Crippen LogP contribution in [-0.2, 0) is 4.79 Å². The fourth-order valence-electron chi connectivity index (χ4n) is 1.33. The first kappa shape index (κ1) is 13.2. The Morgan fingerprint density at radius 3 is 2.41 bits per heavy atom. The van der Waals surface area contributed by atoms with Gasteiger partial charge >= 0.3 is 0 Å². The van der Waals surface area contributed by atoms with Gasteiger partial charge in [-0.25, -0.2) is 0 Å². The van der Waals surface area contributed by atoms with Crippen LogP contribution in [0.25, 0.3) is 0 Å². The minimum absolute atomic E-state index is 0.0621. The molecule has 17 heavy (non-hydrogen) atoms. The van der Waals surface area contributed by atoms with E-state index in [0.29, 0.717) is 11.4 Å². The van der Waals surface area contributed by atoms with Crippen LogP contribution in [0.1, 0.15) is 20.8 Å². The Morgan fingerprint density at radius 1 is 1.24 bits per heavy atom. The fraction of sp³-hybridized carbons (Fsp3) is 0.417. The Morgan fingerprint density at radius 2 is 1.88 bits per heavy atom. The molecule has 0 aliphatic carbocycles. The van der Waals surface area contributed by atoms with Gasteiger partial charge in [-0.2, -0.15) is 0 Å². The van der Waals surface area contributed by atoms with Gasteiger partial charge in [0.2, 0.25) is 5.91 Å². The van der Waals surface area contributed by atoms with Crippen molar-refractivity contribution in [2.75, 3.05) is 23.3 Å². The van der Waals surface area contributed by atoms with Crippen molar-refractivity contribution in [3.05, 3.63) is 18.2 Å². The van der Waals surface area contributed by atoms with Gasteiger partial charge in [-0.15, -0.1) is 0 Å². The molecule has 1 amide bonds. The second-order valence-corrected chi connectivity index (χ2v) is 5.00. The highest BCUT2D eigenvalue weighted by atomic mass is 16.2. The lowest BCUT2D eigenvalue weighted by molar-refractivity contribution is -0.120. The van der Waals surface area contributed by atoms with Crippen LogP contribution in [0.4, 0.5) is 17.1 Å². The largest absolute Gasteiger partial charge is 0.397 e. The molecule has 0 saturated heterocycles. The molecule has 0 saturated carbocycles. The molecule has 0 aliphatic rings. The van der Waals surface area contributed by atoms with Gasteiger partial charge in [0.25, 0.3) is 0 Å². The summed E-state index contributed by atoms with van der Waals surface area (Å²) >= 11 is 0. The fourth-order valence-corrected chi connectivity index (χ4v) is 1.33. The molecule has 5 heteroatoms. The third-order valence-electron chi connectivity index (χ3n) is 2.05. The lowest BCUT2D eigenvalue weighted by Crippen LogP contribution is -2.43. The zero-order valence-corrected chi connectivity index (χ0v) is 10.5. The van der Waals surface area contributed by atoms with Crippen molar-refractivity contribution in [3.8, 4) is 0 Å². The molecule has 0 heterocycles. The van der Waals surface area contributed by atoms with Crippen molar-refractivity contribution in [1.82, 2.24) is 5.32 Å². The summed E-state index contributed by atoms with van der Waals surface area (Å²) in [6.07, 6.45) is 0. The van der Waals surface area contributed by atoms with Crippen molar-refractivity contribution >= 4 is 23.0 Å². The van der Waals surface area contributed by atoms with Crippen LogP contribution >= 0.6 is 0 Å². The molecule has 0 atom stereocenters. The first-order chi connectivity index (χ1) is 7.78. The Bertz CT molecular complexity index is 409. The van der Waals surface area contributed by atoms with Crippen LogP contribution in [0.3, 0.4) is 0 Å². The number of hydrogen-bond donors (Lipinski definition) is 4. The molecule has 0 radical (unpaired) electrons. The van der Waals surface area contributed by atoms with Gasteiger partial charge in [-0.3, -0.25) is 4.79 Å². The number of benzene rings is 1. The Balaban J connectivity index is 2.50. The molecule has 0 bridgehead atoms. The van der Waals surface area contributed by atoms with Gasteiger partial charge in [-0.1, -0.05) is 0 Å². The predicted molar refractivity (Wildman–Crippen MR) is 71.7 cm³/mol. The summed E-state index contributed by atoms with van der Waals surface area (Å²) in [6, 6.07) is 5.20. The zero-order valence-electron chi connectivity index (χ0n) is 10.5. The highest BCUT2D eigenvalue weighted by Crippen LogP contribution is 2.19. The summed E-state index contributed by atoms with van der Waals surface area (Å²) in [5.41, 5.74) is 12.9. The quantitative estimate of drug-likeness (QED) is 0.593. The number of nitrogen functional groups attached to an aromatic ring is 2. The lowest BCUT2D eigenvalue weighted by atomic mass is 10.1. The molecule has 6 N–H and O–H groups in total. The first-order valence-electron chi connectivity index (χ1n) is 5.48. The average molecular weight is 236 g/mol. The van der Waals surface area contributed by atoms with Gasteiger partial charge in [0.05, 0.1) is 17.9 Å². The van der Waals surface area contributed by atoms with Crippen LogP contribution in [0.15, 0.2) is 18.2 Å². The molecule has 94 valence electrons. The standard InChI is InChI=1S/C12H20N4O/c1-12(2,3)16-11(17)7-15-8-4-5-9(13)10(14)6-8/h4-6,15H,7,13-14H2,1-3H3,(H,16,17). The smallest absolute Gasteiger partial charge is 0.239 e. The van der Waals surface area contributed by atoms with E-state index < -0.39 is 0 Å². The van der Waals surface area contributed by atoms with Gasteiger partial charge in [0.15, 0.2) is 0 Å². The van der Waals surface area contributed by atoms with Crippen molar-refractivity contribution in [3.63, 3.8) is 0 Å². The summed E-state index contributed by atoms with van der Waals surface area (Å²) < 4.78 is 0. The lowest BCUT2D eigenvalue weighted by Gasteiger charge is -2.20. The van der Waals surface area contributed by atoms with Crippen LogP contribution in [-0.4, -0.2) is 18.0 Å². The van der Waals surface area contributed by atoms with Gasteiger partial charge in [0.1, 0.15) is 0 Å². The molecule has 0 fully saturated rings. The van der Waals surface area contributed by atoms with Crippen LogP contribution in [0.2, 0.25) is 0 Å². The zero-order chi connectivity index (χ0) is 13.1. The Hall–Kier alpha value is -1.91. The van der Waals surface area contributed by atoms with E-state index in [1.807, 2.05) is 20.8 Å². The third kappa shape index (κ3) is 4.63. The molecule has 0 aliphatic heterocycles. The van der Waals surface area contributed by atoms with E-state index >= 15 is 0 Å². The highest BCUT2D eigenvalue weighted by Gasteiger charge is 2.13. The number of rotatable bonds is 3. The normalized spacial score (nSPS) is 11.0. The van der Waals surface area contributed by atoms with E-state index in [0.717, 1.165) is 5.69 Å². The monoisotopic (exact) mass is 236 g/mol. The molecular formula is C12H20N4O. The van der Waals surface area contributed by atoms with Crippen molar-refractivity contribution in [2.24, 2.45) is 0 Å². The predicted octanol–water partition coefficient (Wildman–Crippen LogP) is 1.18. The number of carbonyl (C=O) groups excluding carboxylic acids is 1. The highest BCUT2D eigenvalue weighted by molar-refractivity contribution is 5.82. The molecule has 0 spiro atoms. The molecule has 0 unspecified atom stereocenters. The number of anilines is 3. The molecule has 1 aromatic rings. The maximum absolute atomic E-state index is 11.6. The molecule has 0 aromatic heterocycles. The van der Waals surface area contributed by atoms with Gasteiger partial charge in [-0.05, 0) is 39.0 Å². The Labute approximate surface area is 102 Å². The van der Waals surface area contributed by atoms with E-state index in [9.17, 15) is 4.79 Å². The number of amides is 1. The van der Waals surface area contributed by atoms with Gasteiger partial charge < -0.3 is 22.1 Å². The van der Waals surface area contributed by atoms with Crippen LogP contribution < -0.4 is 22.1 Å². The number of nitrogens with two attached hydrogens (primary N) is 2. The van der Waals surface area contributed by atoms with E-state index in [4.69, 9.17) is 11.5 Å². The molecule has 1 rings (SSSR count). The van der Waals surface area contributed by atoms with Gasteiger partial charge in [0, 0.05) is 11.2 Å². The summed E-state index contributed by atoms with van der Waals surface area (Å²) in [5, 5.41) is 5.85. The van der Waals surface area contributed by atoms with E-state index in [-0.39, 0.29) is 18.0 Å². The molecule has 5 nitrogen and oxygen atoms in total. The maximum Gasteiger partial charge on any atom is 0.239 e. The average Bonchev–Trinajstić information content (AvgIpc) is 2.17. The SMILES string of the molecule is CC(C)(C)NC(=O)CNc1ccc(N)c(N)c1. The van der Waals surface area contributed by atoms with Crippen LogP contribution in [0.5, 0.6) is 0 Å². The van der Waals surface area contributed by atoms with E-state index in [2.05, 4.69) is 10.6 Å².